The lowest BCUT2D eigenvalue weighted by atomic mass is 10.2. The zero-order chi connectivity index (χ0) is 19.6. The Balaban J connectivity index is 1.64. The van der Waals surface area contributed by atoms with Gasteiger partial charge in [0.1, 0.15) is 10.9 Å². The molecule has 2 aliphatic rings. The second-order valence-electron chi connectivity index (χ2n) is 6.24. The van der Waals surface area contributed by atoms with Crippen molar-refractivity contribution in [3.8, 4) is 0 Å². The molecule has 1 N–H and O–H groups in total. The minimum Gasteiger partial charge on any atom is -0.304 e. The number of carbonyl (C=O) groups excluding carboxylic acids is 2. The Morgan fingerprint density at radius 1 is 1.30 bits per heavy atom. The molecule has 2 saturated heterocycles. The van der Waals surface area contributed by atoms with Crippen LogP contribution < -0.4 is 5.43 Å². The Labute approximate surface area is 177 Å². The monoisotopic (exact) mass is 444 g/mol. The van der Waals surface area contributed by atoms with Gasteiger partial charge in [-0.15, -0.1) is 0 Å². The van der Waals surface area contributed by atoms with E-state index < -0.39 is 0 Å². The van der Waals surface area contributed by atoms with Gasteiger partial charge in [0.2, 0.25) is 0 Å². The molecule has 3 rings (SSSR count). The van der Waals surface area contributed by atoms with Crippen molar-refractivity contribution in [1.82, 2.24) is 20.2 Å². The minimum absolute atomic E-state index is 0.113. The summed E-state index contributed by atoms with van der Waals surface area (Å²) in [5.41, 5.74) is 3.47. The number of carbonyl (C=O) groups is 2. The van der Waals surface area contributed by atoms with Crippen LogP contribution in [0.5, 0.6) is 0 Å². The van der Waals surface area contributed by atoms with Crippen molar-refractivity contribution < 1.29 is 9.59 Å². The summed E-state index contributed by atoms with van der Waals surface area (Å²) in [6.07, 6.45) is 1.64. The van der Waals surface area contributed by atoms with E-state index in [0.717, 1.165) is 37.9 Å². The molecule has 0 aromatic heterocycles. The molecule has 0 spiro atoms. The van der Waals surface area contributed by atoms with Crippen LogP contribution in [-0.4, -0.2) is 70.7 Å². The topological polar surface area (TPSA) is 55.9 Å². The van der Waals surface area contributed by atoms with Gasteiger partial charge in [0, 0.05) is 26.2 Å². The smallest absolute Gasteiger partial charge is 0.266 e. The highest BCUT2D eigenvalue weighted by molar-refractivity contribution is 8.26. The van der Waals surface area contributed by atoms with Gasteiger partial charge in [0.25, 0.3) is 11.8 Å². The van der Waals surface area contributed by atoms with Crippen molar-refractivity contribution >= 4 is 69.4 Å². The second-order valence-corrected chi connectivity index (χ2v) is 8.70. The number of halogens is 2. The molecule has 2 fully saturated rings. The predicted molar refractivity (Wildman–Crippen MR) is 114 cm³/mol. The molecule has 2 amide bonds. The first-order valence-electron chi connectivity index (χ1n) is 8.27. The van der Waals surface area contributed by atoms with Crippen LogP contribution in [0.15, 0.2) is 23.1 Å². The lowest BCUT2D eigenvalue weighted by molar-refractivity contribution is -0.132. The molecule has 1 aromatic carbocycles. The Kier molecular flexibility index (Phi) is 6.78. The number of rotatable bonds is 4. The molecule has 0 unspecified atom stereocenters. The Hall–Kier alpha value is -1.16. The van der Waals surface area contributed by atoms with Gasteiger partial charge in [0.05, 0.1) is 15.0 Å². The van der Waals surface area contributed by atoms with E-state index in [4.69, 9.17) is 35.4 Å². The average Bonchev–Trinajstić information content (AvgIpc) is 2.88. The highest BCUT2D eigenvalue weighted by Crippen LogP contribution is 2.35. The number of thioether (sulfide) groups is 1. The van der Waals surface area contributed by atoms with Crippen LogP contribution in [0, 0.1) is 0 Å². The molecular formula is C17H18Cl2N4O2S2. The SMILES string of the molecule is CN1CCN(NC(=O)CN2C(=O)/C(=C/c3cccc(Cl)c3Cl)SC2=S)CC1. The Bertz CT molecular complexity index is 810. The first-order chi connectivity index (χ1) is 12.8. The summed E-state index contributed by atoms with van der Waals surface area (Å²) in [5, 5.41) is 2.64. The summed E-state index contributed by atoms with van der Waals surface area (Å²) in [7, 11) is 2.04. The van der Waals surface area contributed by atoms with Crippen LogP contribution in [0.2, 0.25) is 10.0 Å². The zero-order valence-electron chi connectivity index (χ0n) is 14.6. The summed E-state index contributed by atoms with van der Waals surface area (Å²) < 4.78 is 0.345. The summed E-state index contributed by atoms with van der Waals surface area (Å²) in [6, 6.07) is 5.19. The Morgan fingerprint density at radius 2 is 2.00 bits per heavy atom. The van der Waals surface area contributed by atoms with Gasteiger partial charge < -0.3 is 4.90 Å². The average molecular weight is 445 g/mol. The van der Waals surface area contributed by atoms with Crippen LogP contribution in [0.25, 0.3) is 6.08 Å². The van der Waals surface area contributed by atoms with E-state index in [9.17, 15) is 9.59 Å². The van der Waals surface area contributed by atoms with Crippen molar-refractivity contribution in [3.63, 3.8) is 0 Å². The first-order valence-corrected chi connectivity index (χ1v) is 10.3. The molecule has 0 aliphatic carbocycles. The minimum atomic E-state index is -0.311. The first kappa shape index (κ1) is 20.6. The standard InChI is InChI=1S/C17H18Cl2N4O2S2/c1-21-5-7-22(8-6-21)20-14(24)10-23-16(25)13(27-17(23)26)9-11-3-2-4-12(18)15(11)19/h2-4,9H,5-8,10H2,1H3,(H,20,24)/b13-9-. The number of amides is 2. The van der Waals surface area contributed by atoms with E-state index in [-0.39, 0.29) is 18.4 Å². The van der Waals surface area contributed by atoms with Gasteiger partial charge in [-0.1, -0.05) is 59.3 Å². The van der Waals surface area contributed by atoms with E-state index in [1.54, 1.807) is 24.3 Å². The fraction of sp³-hybridized carbons (Fsp3) is 0.353. The summed E-state index contributed by atoms with van der Waals surface area (Å²) in [6.45, 7) is 3.13. The maximum absolute atomic E-state index is 12.7. The van der Waals surface area contributed by atoms with Gasteiger partial charge >= 0.3 is 0 Å². The van der Waals surface area contributed by atoms with Crippen molar-refractivity contribution in [2.75, 3.05) is 39.8 Å². The maximum atomic E-state index is 12.7. The van der Waals surface area contributed by atoms with Gasteiger partial charge in [-0.2, -0.15) is 0 Å². The lowest BCUT2D eigenvalue weighted by Gasteiger charge is -2.32. The maximum Gasteiger partial charge on any atom is 0.266 e. The van der Waals surface area contributed by atoms with Crippen molar-refractivity contribution in [3.05, 3.63) is 38.7 Å². The number of nitrogens with one attached hydrogen (secondary N) is 1. The molecule has 0 atom stereocenters. The van der Waals surface area contributed by atoms with Gasteiger partial charge in [-0.3, -0.25) is 19.9 Å². The van der Waals surface area contributed by atoms with Crippen molar-refractivity contribution in [2.24, 2.45) is 0 Å². The van der Waals surface area contributed by atoms with Gasteiger partial charge in [-0.05, 0) is 24.8 Å². The zero-order valence-corrected chi connectivity index (χ0v) is 17.7. The van der Waals surface area contributed by atoms with Crippen LogP contribution in [-0.2, 0) is 9.59 Å². The molecule has 144 valence electrons. The number of likely N-dealkylation sites (N-methyl/N-ethyl adjacent to an activating group) is 1. The van der Waals surface area contributed by atoms with E-state index >= 15 is 0 Å². The number of benzene rings is 1. The number of nitrogens with zero attached hydrogens (tertiary/aromatic N) is 3. The van der Waals surface area contributed by atoms with Crippen LogP contribution in [0.1, 0.15) is 5.56 Å². The largest absolute Gasteiger partial charge is 0.304 e. The normalized spacial score (nSPS) is 20.6. The summed E-state index contributed by atoms with van der Waals surface area (Å²) in [4.78, 5) is 28.9. The summed E-state index contributed by atoms with van der Waals surface area (Å²) >= 11 is 18.6. The Morgan fingerprint density at radius 3 is 2.70 bits per heavy atom. The molecule has 10 heteroatoms. The molecule has 0 bridgehead atoms. The molecule has 2 heterocycles. The molecule has 2 aliphatic heterocycles. The molecule has 0 radical (unpaired) electrons. The van der Waals surface area contributed by atoms with Crippen LogP contribution in [0.3, 0.4) is 0 Å². The third-order valence-electron chi connectivity index (χ3n) is 4.23. The summed E-state index contributed by atoms with van der Waals surface area (Å²) in [5.74, 6) is -0.576. The molecule has 0 saturated carbocycles. The third kappa shape index (κ3) is 5.01. The molecule has 27 heavy (non-hydrogen) atoms. The van der Waals surface area contributed by atoms with E-state index in [1.807, 2.05) is 12.1 Å². The number of hydrogen-bond donors (Lipinski definition) is 1. The second kappa shape index (κ2) is 8.89. The number of hydrogen-bond acceptors (Lipinski definition) is 6. The number of thiocarbonyl (C=S) groups is 1. The quantitative estimate of drug-likeness (QED) is 0.568. The van der Waals surface area contributed by atoms with Gasteiger partial charge in [0.15, 0.2) is 0 Å². The highest BCUT2D eigenvalue weighted by Gasteiger charge is 2.34. The predicted octanol–water partition coefficient (Wildman–Crippen LogP) is 2.47. The number of hydrazine groups is 1. The fourth-order valence-corrected chi connectivity index (χ4v) is 4.29. The lowest BCUT2D eigenvalue weighted by Crippen LogP contribution is -2.54. The number of piperazine rings is 1. The molecular weight excluding hydrogens is 427 g/mol. The van der Waals surface area contributed by atoms with Crippen LogP contribution in [0.4, 0.5) is 0 Å². The fourth-order valence-electron chi connectivity index (χ4n) is 2.68. The van der Waals surface area contributed by atoms with Gasteiger partial charge in [-0.25, -0.2) is 5.01 Å². The molecule has 6 nitrogen and oxygen atoms in total. The van der Waals surface area contributed by atoms with Crippen molar-refractivity contribution in [1.29, 1.82) is 0 Å². The van der Waals surface area contributed by atoms with E-state index in [2.05, 4.69) is 10.3 Å². The van der Waals surface area contributed by atoms with Crippen LogP contribution >= 0.6 is 47.2 Å². The highest BCUT2D eigenvalue weighted by atomic mass is 35.5. The third-order valence-corrected chi connectivity index (χ3v) is 6.44. The molecule has 1 aromatic rings. The van der Waals surface area contributed by atoms with E-state index in [1.165, 1.54) is 4.90 Å². The van der Waals surface area contributed by atoms with E-state index in [0.29, 0.717) is 24.8 Å². The van der Waals surface area contributed by atoms with Crippen molar-refractivity contribution in [2.45, 2.75) is 0 Å².